The third-order valence-electron chi connectivity index (χ3n) is 2.06. The molecule has 0 amide bonds. The third-order valence-corrected chi connectivity index (χ3v) is 3.29. The van der Waals surface area contributed by atoms with Gasteiger partial charge in [0.25, 0.3) is 0 Å². The van der Waals surface area contributed by atoms with E-state index >= 15 is 0 Å². The van der Waals surface area contributed by atoms with Gasteiger partial charge in [0.15, 0.2) is 5.82 Å². The molecule has 0 radical (unpaired) electrons. The van der Waals surface area contributed by atoms with E-state index in [2.05, 4.69) is 15.3 Å². The molecule has 0 saturated carbocycles. The van der Waals surface area contributed by atoms with Gasteiger partial charge in [0.1, 0.15) is 10.2 Å². The summed E-state index contributed by atoms with van der Waals surface area (Å²) in [5.41, 5.74) is 1.06. The van der Waals surface area contributed by atoms with E-state index in [-0.39, 0.29) is 0 Å². The Bertz CT molecular complexity index is 530. The summed E-state index contributed by atoms with van der Waals surface area (Å²) in [6.45, 7) is 0. The molecular formula is C10H6ClN3S. The fourth-order valence-electron chi connectivity index (χ4n) is 1.40. The summed E-state index contributed by atoms with van der Waals surface area (Å²) in [7, 11) is 0. The number of hydrogen-bond donors (Lipinski definition) is 1. The Balaban J connectivity index is 2.11. The van der Waals surface area contributed by atoms with Gasteiger partial charge < -0.3 is 5.32 Å². The van der Waals surface area contributed by atoms with Crippen LogP contribution in [0.4, 0.5) is 11.5 Å². The number of halogens is 1. The van der Waals surface area contributed by atoms with Crippen molar-refractivity contribution >= 4 is 34.9 Å². The molecule has 1 aromatic heterocycles. The van der Waals surface area contributed by atoms with Crippen molar-refractivity contribution in [1.29, 1.82) is 0 Å². The first kappa shape index (κ1) is 9.00. The predicted octanol–water partition coefficient (Wildman–Crippen LogP) is 3.34. The first-order valence-electron chi connectivity index (χ1n) is 4.39. The maximum atomic E-state index is 5.79. The zero-order valence-corrected chi connectivity index (χ0v) is 9.14. The van der Waals surface area contributed by atoms with E-state index in [4.69, 9.17) is 11.6 Å². The van der Waals surface area contributed by atoms with Crippen molar-refractivity contribution in [2.24, 2.45) is 0 Å². The summed E-state index contributed by atoms with van der Waals surface area (Å²) in [5.74, 6) is 0.767. The highest BCUT2D eigenvalue weighted by Gasteiger charge is 2.17. The number of aromatic nitrogens is 2. The predicted molar refractivity (Wildman–Crippen MR) is 60.9 cm³/mol. The molecule has 0 unspecified atom stereocenters. The maximum absolute atomic E-state index is 5.79. The van der Waals surface area contributed by atoms with Crippen LogP contribution in [0.25, 0.3) is 0 Å². The highest BCUT2D eigenvalue weighted by molar-refractivity contribution is 7.99. The van der Waals surface area contributed by atoms with Crippen LogP contribution in [0.3, 0.4) is 0 Å². The fraction of sp³-hybridized carbons (Fsp3) is 0. The number of fused-ring (bicyclic) bond motifs is 2. The van der Waals surface area contributed by atoms with Gasteiger partial charge in [-0.05, 0) is 12.1 Å². The Morgan fingerprint density at radius 1 is 1.27 bits per heavy atom. The van der Waals surface area contributed by atoms with Gasteiger partial charge in [0, 0.05) is 4.90 Å². The minimum atomic E-state index is 0.419. The van der Waals surface area contributed by atoms with Crippen molar-refractivity contribution in [3.63, 3.8) is 0 Å². The van der Waals surface area contributed by atoms with Crippen LogP contribution in [0.15, 0.2) is 40.4 Å². The monoisotopic (exact) mass is 235 g/mol. The largest absolute Gasteiger partial charge is 0.337 e. The Hall–Kier alpha value is -1.26. The number of anilines is 2. The lowest BCUT2D eigenvalue weighted by molar-refractivity contribution is 1.05. The molecule has 74 valence electrons. The van der Waals surface area contributed by atoms with Gasteiger partial charge >= 0.3 is 0 Å². The molecule has 2 heterocycles. The number of nitrogens with one attached hydrogen (secondary N) is 1. The second-order valence-corrected chi connectivity index (χ2v) is 4.49. The van der Waals surface area contributed by atoms with Crippen molar-refractivity contribution in [3.05, 3.63) is 35.6 Å². The molecule has 1 aromatic carbocycles. The average molecular weight is 236 g/mol. The molecule has 0 aliphatic carbocycles. The number of hydrogen-bond acceptors (Lipinski definition) is 4. The van der Waals surface area contributed by atoms with Crippen LogP contribution < -0.4 is 5.32 Å². The lowest BCUT2D eigenvalue weighted by atomic mass is 10.3. The Morgan fingerprint density at radius 2 is 2.13 bits per heavy atom. The highest BCUT2D eigenvalue weighted by Crippen LogP contribution is 2.41. The smallest absolute Gasteiger partial charge is 0.163 e. The topological polar surface area (TPSA) is 37.8 Å². The minimum absolute atomic E-state index is 0.419. The second-order valence-electron chi connectivity index (χ2n) is 3.07. The third kappa shape index (κ3) is 1.56. The molecule has 1 aliphatic rings. The van der Waals surface area contributed by atoms with E-state index in [0.29, 0.717) is 5.15 Å². The van der Waals surface area contributed by atoms with Crippen LogP contribution in [-0.4, -0.2) is 9.97 Å². The number of para-hydroxylation sites is 1. The molecule has 0 bridgehead atoms. The van der Waals surface area contributed by atoms with E-state index in [9.17, 15) is 0 Å². The number of nitrogens with zero attached hydrogens (tertiary/aromatic N) is 2. The van der Waals surface area contributed by atoms with E-state index in [0.717, 1.165) is 21.4 Å². The fourth-order valence-corrected chi connectivity index (χ4v) is 2.51. The molecular weight excluding hydrogens is 230 g/mol. The van der Waals surface area contributed by atoms with Crippen LogP contribution in [0.2, 0.25) is 5.15 Å². The highest BCUT2D eigenvalue weighted by atomic mass is 35.5. The normalized spacial score (nSPS) is 12.6. The Kier molecular flexibility index (Phi) is 2.04. The first-order chi connectivity index (χ1) is 7.33. The first-order valence-corrected chi connectivity index (χ1v) is 5.59. The zero-order chi connectivity index (χ0) is 10.3. The van der Waals surface area contributed by atoms with Crippen molar-refractivity contribution in [2.45, 2.75) is 9.92 Å². The van der Waals surface area contributed by atoms with E-state index in [1.165, 1.54) is 0 Å². The Labute approximate surface area is 95.9 Å². The van der Waals surface area contributed by atoms with Crippen LogP contribution in [0.5, 0.6) is 0 Å². The quantitative estimate of drug-likeness (QED) is 0.649. The van der Waals surface area contributed by atoms with Gasteiger partial charge in [-0.1, -0.05) is 35.5 Å². The SMILES string of the molecule is Clc1cnc2c(n1)Sc1ccccc1N2. The molecule has 0 saturated heterocycles. The molecule has 1 aliphatic heterocycles. The second kappa shape index (κ2) is 3.40. The summed E-state index contributed by atoms with van der Waals surface area (Å²) in [4.78, 5) is 9.55. The van der Waals surface area contributed by atoms with Gasteiger partial charge in [-0.15, -0.1) is 0 Å². The van der Waals surface area contributed by atoms with Crippen molar-refractivity contribution < 1.29 is 0 Å². The average Bonchev–Trinajstić information content (AvgIpc) is 2.26. The summed E-state index contributed by atoms with van der Waals surface area (Å²) >= 11 is 7.37. The molecule has 0 spiro atoms. The molecule has 0 fully saturated rings. The summed E-state index contributed by atoms with van der Waals surface area (Å²) in [6, 6.07) is 8.04. The molecule has 3 rings (SSSR count). The van der Waals surface area contributed by atoms with Crippen molar-refractivity contribution in [2.75, 3.05) is 5.32 Å². The lowest BCUT2D eigenvalue weighted by Crippen LogP contribution is -2.03. The minimum Gasteiger partial charge on any atom is -0.337 e. The molecule has 5 heteroatoms. The van der Waals surface area contributed by atoms with Crippen LogP contribution >= 0.6 is 23.4 Å². The van der Waals surface area contributed by atoms with Gasteiger partial charge in [-0.2, -0.15) is 0 Å². The van der Waals surface area contributed by atoms with Crippen LogP contribution in [0.1, 0.15) is 0 Å². The molecule has 0 atom stereocenters. The van der Waals surface area contributed by atoms with E-state index in [1.807, 2.05) is 24.3 Å². The van der Waals surface area contributed by atoms with Crippen molar-refractivity contribution in [1.82, 2.24) is 9.97 Å². The summed E-state index contributed by atoms with van der Waals surface area (Å²) < 4.78 is 0. The summed E-state index contributed by atoms with van der Waals surface area (Å²) in [5, 5.41) is 4.45. The van der Waals surface area contributed by atoms with Crippen LogP contribution in [-0.2, 0) is 0 Å². The van der Waals surface area contributed by atoms with Gasteiger partial charge in [-0.3, -0.25) is 0 Å². The van der Waals surface area contributed by atoms with Crippen LogP contribution in [0, 0.1) is 0 Å². The summed E-state index contributed by atoms with van der Waals surface area (Å²) in [6.07, 6.45) is 1.54. The van der Waals surface area contributed by atoms with Gasteiger partial charge in [0.2, 0.25) is 0 Å². The zero-order valence-electron chi connectivity index (χ0n) is 7.57. The van der Waals surface area contributed by atoms with Gasteiger partial charge in [-0.25, -0.2) is 9.97 Å². The molecule has 3 nitrogen and oxygen atoms in total. The number of rotatable bonds is 0. The molecule has 2 aromatic rings. The standard InChI is InChI=1S/C10H6ClN3S/c11-8-5-12-9-10(14-8)15-7-4-2-1-3-6(7)13-9/h1-5H,(H,12,13). The lowest BCUT2D eigenvalue weighted by Gasteiger charge is -2.18. The molecule has 1 N–H and O–H groups in total. The maximum Gasteiger partial charge on any atom is 0.163 e. The Morgan fingerprint density at radius 3 is 3.07 bits per heavy atom. The number of benzene rings is 1. The van der Waals surface area contributed by atoms with E-state index < -0.39 is 0 Å². The van der Waals surface area contributed by atoms with Crippen molar-refractivity contribution in [3.8, 4) is 0 Å². The van der Waals surface area contributed by atoms with Gasteiger partial charge in [0.05, 0.1) is 11.9 Å². The van der Waals surface area contributed by atoms with E-state index in [1.54, 1.807) is 18.0 Å². The molecule has 15 heavy (non-hydrogen) atoms.